The van der Waals surface area contributed by atoms with Crippen LogP contribution in [0.4, 0.5) is 0 Å². The van der Waals surface area contributed by atoms with Crippen LogP contribution in [0.1, 0.15) is 32.6 Å². The fourth-order valence-electron chi connectivity index (χ4n) is 4.12. The highest BCUT2D eigenvalue weighted by Gasteiger charge is 2.63. The molecule has 0 aromatic heterocycles. The smallest absolute Gasteiger partial charge is 0.184 e. The maximum absolute atomic E-state index is 6.63. The van der Waals surface area contributed by atoms with E-state index >= 15 is 0 Å². The summed E-state index contributed by atoms with van der Waals surface area (Å²) in [7, 11) is -1.46. The largest absolute Gasteiger partial charge is 0.409 e. The van der Waals surface area contributed by atoms with Crippen molar-refractivity contribution in [2.45, 2.75) is 70.1 Å². The molecule has 2 nitrogen and oxygen atoms in total. The van der Waals surface area contributed by atoms with Crippen molar-refractivity contribution in [3.05, 3.63) is 0 Å². The van der Waals surface area contributed by atoms with Gasteiger partial charge in [0.1, 0.15) is 6.10 Å². The van der Waals surface area contributed by atoms with E-state index in [4.69, 9.17) is 9.16 Å². The van der Waals surface area contributed by atoms with Gasteiger partial charge in [-0.25, -0.2) is 0 Å². The minimum absolute atomic E-state index is 0.118. The Balaban J connectivity index is 1.84. The quantitative estimate of drug-likeness (QED) is 0.558. The number of epoxide rings is 1. The Kier molecular flexibility index (Phi) is 2.34. The molecule has 2 bridgehead atoms. The van der Waals surface area contributed by atoms with Crippen molar-refractivity contribution in [3.8, 4) is 0 Å². The summed E-state index contributed by atoms with van der Waals surface area (Å²) in [5.41, 5.74) is 0.118. The monoisotopic (exact) mass is 240 g/mol. The third-order valence-corrected chi connectivity index (χ3v) is 5.52. The van der Waals surface area contributed by atoms with Crippen molar-refractivity contribution < 1.29 is 9.16 Å². The van der Waals surface area contributed by atoms with Crippen molar-refractivity contribution in [2.24, 2.45) is 11.8 Å². The second kappa shape index (κ2) is 3.33. The van der Waals surface area contributed by atoms with Gasteiger partial charge in [0.2, 0.25) is 0 Å². The summed E-state index contributed by atoms with van der Waals surface area (Å²) in [6.07, 6.45) is 6.34. The van der Waals surface area contributed by atoms with E-state index in [1.165, 1.54) is 25.7 Å². The average molecular weight is 240 g/mol. The van der Waals surface area contributed by atoms with E-state index in [0.717, 1.165) is 11.8 Å². The molecule has 5 atom stereocenters. The molecule has 3 rings (SSSR count). The maximum Gasteiger partial charge on any atom is 0.184 e. The molecule has 16 heavy (non-hydrogen) atoms. The Morgan fingerprint density at radius 2 is 1.94 bits per heavy atom. The average Bonchev–Trinajstić information content (AvgIpc) is 2.59. The summed E-state index contributed by atoms with van der Waals surface area (Å²) in [4.78, 5) is 0. The van der Waals surface area contributed by atoms with Gasteiger partial charge in [0.15, 0.2) is 8.32 Å². The molecule has 3 heteroatoms. The summed E-state index contributed by atoms with van der Waals surface area (Å²) in [5.74, 6) is 1.72. The van der Waals surface area contributed by atoms with Crippen molar-refractivity contribution in [1.82, 2.24) is 0 Å². The molecular weight excluding hydrogens is 216 g/mol. The van der Waals surface area contributed by atoms with Crippen LogP contribution in [0, 0.1) is 11.8 Å². The van der Waals surface area contributed by atoms with Crippen molar-refractivity contribution in [3.63, 3.8) is 0 Å². The standard InChI is InChI=1S/C13H24O2Si/c1-9-12(14-9)13(15-16(2,3)4)8-10-5-6-11(13)7-10/h9-12H,5-8H2,1-4H3/t9-,10?,11?,12-,13?/m0/s1. The van der Waals surface area contributed by atoms with Gasteiger partial charge in [-0.2, -0.15) is 0 Å². The Morgan fingerprint density at radius 3 is 2.31 bits per heavy atom. The zero-order valence-electron chi connectivity index (χ0n) is 11.0. The molecule has 2 aliphatic carbocycles. The Morgan fingerprint density at radius 1 is 1.25 bits per heavy atom. The minimum atomic E-state index is -1.46. The predicted molar refractivity (Wildman–Crippen MR) is 66.9 cm³/mol. The molecular formula is C13H24O2Si. The molecule has 0 spiro atoms. The zero-order chi connectivity index (χ0) is 11.6. The molecule has 1 aliphatic heterocycles. The molecule has 0 amide bonds. The normalized spacial score (nSPS) is 51.0. The van der Waals surface area contributed by atoms with E-state index in [0.29, 0.717) is 12.2 Å². The van der Waals surface area contributed by atoms with Gasteiger partial charge in [-0.3, -0.25) is 0 Å². The molecule has 0 N–H and O–H groups in total. The van der Waals surface area contributed by atoms with E-state index in [9.17, 15) is 0 Å². The van der Waals surface area contributed by atoms with Crippen LogP contribution in [0.2, 0.25) is 19.6 Å². The maximum atomic E-state index is 6.63. The van der Waals surface area contributed by atoms with E-state index < -0.39 is 8.32 Å². The van der Waals surface area contributed by atoms with Crippen LogP contribution in [0.3, 0.4) is 0 Å². The van der Waals surface area contributed by atoms with E-state index in [1.807, 2.05) is 0 Å². The summed E-state index contributed by atoms with van der Waals surface area (Å²) in [6.45, 7) is 9.14. The summed E-state index contributed by atoms with van der Waals surface area (Å²) < 4.78 is 12.4. The van der Waals surface area contributed by atoms with Gasteiger partial charge in [0, 0.05) is 0 Å². The third kappa shape index (κ3) is 1.68. The third-order valence-electron chi connectivity index (χ3n) is 4.53. The topological polar surface area (TPSA) is 21.8 Å². The number of fused-ring (bicyclic) bond motifs is 2. The molecule has 0 radical (unpaired) electrons. The van der Waals surface area contributed by atoms with Crippen LogP contribution in [0.15, 0.2) is 0 Å². The Bertz CT molecular complexity index is 299. The van der Waals surface area contributed by atoms with Crippen molar-refractivity contribution in [1.29, 1.82) is 0 Å². The van der Waals surface area contributed by atoms with Gasteiger partial charge < -0.3 is 9.16 Å². The molecule has 3 aliphatic rings. The first-order valence-corrected chi connectivity index (χ1v) is 10.2. The lowest BCUT2D eigenvalue weighted by Gasteiger charge is -2.41. The Hall–Kier alpha value is 0.137. The van der Waals surface area contributed by atoms with Gasteiger partial charge in [0.05, 0.1) is 11.7 Å². The first-order chi connectivity index (χ1) is 7.41. The molecule has 1 saturated heterocycles. The van der Waals surface area contributed by atoms with Gasteiger partial charge in [-0.05, 0) is 64.1 Å². The van der Waals surface area contributed by atoms with Crippen LogP contribution in [0.5, 0.6) is 0 Å². The highest BCUT2D eigenvalue weighted by atomic mass is 28.4. The summed E-state index contributed by atoms with van der Waals surface area (Å²) in [5, 5.41) is 0. The minimum Gasteiger partial charge on any atom is -0.409 e. The molecule has 1 heterocycles. The van der Waals surface area contributed by atoms with Crippen LogP contribution in [-0.4, -0.2) is 26.1 Å². The number of hydrogen-bond acceptors (Lipinski definition) is 2. The first-order valence-electron chi connectivity index (χ1n) is 6.76. The number of hydrogen-bond donors (Lipinski definition) is 0. The van der Waals surface area contributed by atoms with Gasteiger partial charge >= 0.3 is 0 Å². The fourth-order valence-corrected chi connectivity index (χ4v) is 5.63. The zero-order valence-corrected chi connectivity index (χ0v) is 12.0. The van der Waals surface area contributed by atoms with E-state index in [2.05, 4.69) is 26.6 Å². The van der Waals surface area contributed by atoms with Gasteiger partial charge in [-0.15, -0.1) is 0 Å². The van der Waals surface area contributed by atoms with Crippen molar-refractivity contribution >= 4 is 8.32 Å². The van der Waals surface area contributed by atoms with Gasteiger partial charge in [-0.1, -0.05) is 0 Å². The molecule has 3 unspecified atom stereocenters. The lowest BCUT2D eigenvalue weighted by molar-refractivity contribution is -0.0192. The molecule has 0 aromatic carbocycles. The van der Waals surface area contributed by atoms with Crippen LogP contribution in [0.25, 0.3) is 0 Å². The lowest BCUT2D eigenvalue weighted by atomic mass is 9.81. The first kappa shape index (κ1) is 11.2. The predicted octanol–water partition coefficient (Wildman–Crippen LogP) is 3.18. The van der Waals surface area contributed by atoms with E-state index in [-0.39, 0.29) is 5.60 Å². The fraction of sp³-hybridized carbons (Fsp3) is 1.00. The summed E-state index contributed by atoms with van der Waals surface area (Å²) >= 11 is 0. The van der Waals surface area contributed by atoms with Crippen molar-refractivity contribution in [2.75, 3.05) is 0 Å². The number of ether oxygens (including phenoxy) is 1. The van der Waals surface area contributed by atoms with Crippen LogP contribution < -0.4 is 0 Å². The molecule has 92 valence electrons. The molecule has 2 saturated carbocycles. The summed E-state index contributed by atoms with van der Waals surface area (Å²) in [6, 6.07) is 0. The van der Waals surface area contributed by atoms with E-state index in [1.54, 1.807) is 0 Å². The highest BCUT2D eigenvalue weighted by Crippen LogP contribution is 2.58. The van der Waals surface area contributed by atoms with Crippen LogP contribution >= 0.6 is 0 Å². The molecule has 0 aromatic rings. The lowest BCUT2D eigenvalue weighted by Crippen LogP contribution is -2.51. The van der Waals surface area contributed by atoms with Crippen LogP contribution in [-0.2, 0) is 9.16 Å². The number of rotatable bonds is 3. The van der Waals surface area contributed by atoms with Gasteiger partial charge in [0.25, 0.3) is 0 Å². The Labute approximate surface area is 99.8 Å². The SMILES string of the molecule is C[C@@H]1O[C@@H]1C1(O[Si](C)(C)C)CC2CCC1C2. The second-order valence-corrected chi connectivity index (χ2v) is 11.4. The highest BCUT2D eigenvalue weighted by molar-refractivity contribution is 6.69. The molecule has 3 fully saturated rings. The second-order valence-electron chi connectivity index (χ2n) is 7.01.